The molecule has 0 bridgehead atoms. The summed E-state index contributed by atoms with van der Waals surface area (Å²) in [5.41, 5.74) is 2.16. The smallest absolute Gasteiger partial charge is 0.223 e. The molecule has 0 radical (unpaired) electrons. The zero-order chi connectivity index (χ0) is 20.2. The molecule has 0 saturated carbocycles. The number of hydrogen-bond acceptors (Lipinski definition) is 5. The van der Waals surface area contributed by atoms with Crippen LogP contribution in [0.1, 0.15) is 42.3 Å². The molecule has 1 aliphatic rings. The average Bonchev–Trinajstić information content (AvgIpc) is 3.40. The number of methoxy groups -OCH3 is 2. The first-order chi connectivity index (χ1) is 14.2. The molecule has 2 aromatic carbocycles. The minimum absolute atomic E-state index is 0.116. The van der Waals surface area contributed by atoms with Crippen LogP contribution in [0.4, 0.5) is 0 Å². The SMILES string of the molecule is COc1ccc(C2CCCN2C(=O)CCCc2nc3ccccc3s2)cc1OC. The predicted octanol–water partition coefficient (Wildman–Crippen LogP) is 5.00. The molecule has 0 aliphatic carbocycles. The lowest BCUT2D eigenvalue weighted by Gasteiger charge is -2.26. The highest BCUT2D eigenvalue weighted by atomic mass is 32.1. The molecule has 152 valence electrons. The van der Waals surface area contributed by atoms with E-state index in [1.807, 2.05) is 41.3 Å². The predicted molar refractivity (Wildman–Crippen MR) is 116 cm³/mol. The number of likely N-dealkylation sites (tertiary alicyclic amines) is 1. The van der Waals surface area contributed by atoms with Gasteiger partial charge in [0.05, 0.1) is 35.5 Å². The van der Waals surface area contributed by atoms with Crippen LogP contribution in [0.3, 0.4) is 0 Å². The van der Waals surface area contributed by atoms with Crippen LogP contribution in [0.2, 0.25) is 0 Å². The largest absolute Gasteiger partial charge is 0.493 e. The second-order valence-corrected chi connectivity index (χ2v) is 8.40. The maximum Gasteiger partial charge on any atom is 0.223 e. The first-order valence-corrected chi connectivity index (χ1v) is 10.9. The minimum atomic E-state index is 0.116. The molecule has 1 aromatic heterocycles. The Balaban J connectivity index is 1.38. The quantitative estimate of drug-likeness (QED) is 0.550. The highest BCUT2D eigenvalue weighted by molar-refractivity contribution is 7.18. The van der Waals surface area contributed by atoms with Gasteiger partial charge in [-0.05, 0) is 55.5 Å². The number of carbonyl (C=O) groups is 1. The zero-order valence-electron chi connectivity index (χ0n) is 16.9. The Morgan fingerprint density at radius 2 is 2.00 bits per heavy atom. The fraction of sp³-hybridized carbons (Fsp3) is 0.391. The number of aromatic nitrogens is 1. The molecule has 0 N–H and O–H groups in total. The number of hydrogen-bond donors (Lipinski definition) is 0. The fourth-order valence-electron chi connectivity index (χ4n) is 4.03. The molecule has 29 heavy (non-hydrogen) atoms. The Morgan fingerprint density at radius 3 is 2.79 bits per heavy atom. The van der Waals surface area contributed by atoms with Gasteiger partial charge in [-0.3, -0.25) is 4.79 Å². The fourth-order valence-corrected chi connectivity index (χ4v) is 5.04. The van der Waals surface area contributed by atoms with Crippen molar-refractivity contribution >= 4 is 27.5 Å². The molecule has 1 aliphatic heterocycles. The van der Waals surface area contributed by atoms with Gasteiger partial charge in [-0.1, -0.05) is 18.2 Å². The second-order valence-electron chi connectivity index (χ2n) is 7.29. The number of thiazole rings is 1. The lowest BCUT2D eigenvalue weighted by molar-refractivity contribution is -0.132. The van der Waals surface area contributed by atoms with Crippen molar-refractivity contribution < 1.29 is 14.3 Å². The normalized spacial score (nSPS) is 16.3. The summed E-state index contributed by atoms with van der Waals surface area (Å²) in [5, 5.41) is 1.11. The molecular formula is C23H26N2O3S. The van der Waals surface area contributed by atoms with Crippen LogP contribution in [-0.4, -0.2) is 36.6 Å². The Labute approximate surface area is 175 Å². The molecule has 5 nitrogen and oxygen atoms in total. The Hall–Kier alpha value is -2.60. The van der Waals surface area contributed by atoms with Gasteiger partial charge < -0.3 is 14.4 Å². The van der Waals surface area contributed by atoms with Crippen molar-refractivity contribution in [3.63, 3.8) is 0 Å². The van der Waals surface area contributed by atoms with Crippen molar-refractivity contribution in [2.45, 2.75) is 38.1 Å². The first-order valence-electron chi connectivity index (χ1n) is 10.1. The monoisotopic (exact) mass is 410 g/mol. The summed E-state index contributed by atoms with van der Waals surface area (Å²) in [6.45, 7) is 0.818. The summed E-state index contributed by atoms with van der Waals surface area (Å²) >= 11 is 1.72. The second kappa shape index (κ2) is 8.82. The van der Waals surface area contributed by atoms with Gasteiger partial charge in [0, 0.05) is 13.0 Å². The van der Waals surface area contributed by atoms with E-state index < -0.39 is 0 Å². The standard InChI is InChI=1S/C23H26N2O3S/c1-27-19-13-12-16(15-20(19)28-2)18-8-6-14-25(18)23(26)11-5-10-22-24-17-7-3-4-9-21(17)29-22/h3-4,7,9,12-13,15,18H,5-6,8,10-11,14H2,1-2H3. The number of ether oxygens (including phenoxy) is 2. The van der Waals surface area contributed by atoms with Crippen LogP contribution in [0.5, 0.6) is 11.5 Å². The van der Waals surface area contributed by atoms with Crippen LogP contribution >= 0.6 is 11.3 Å². The van der Waals surface area contributed by atoms with Crippen LogP contribution in [0.15, 0.2) is 42.5 Å². The molecule has 2 heterocycles. The molecule has 1 fully saturated rings. The molecule has 1 saturated heterocycles. The van der Waals surface area contributed by atoms with Gasteiger partial charge in [-0.25, -0.2) is 4.98 Å². The first kappa shape index (κ1) is 19.7. The third kappa shape index (κ3) is 4.22. The number of benzene rings is 2. The number of rotatable bonds is 7. The molecule has 1 unspecified atom stereocenters. The molecular weight excluding hydrogens is 384 g/mol. The van der Waals surface area contributed by atoms with Crippen molar-refractivity contribution in [1.82, 2.24) is 9.88 Å². The molecule has 0 spiro atoms. The van der Waals surface area contributed by atoms with E-state index in [-0.39, 0.29) is 11.9 Å². The minimum Gasteiger partial charge on any atom is -0.493 e. The van der Waals surface area contributed by atoms with Gasteiger partial charge >= 0.3 is 0 Å². The van der Waals surface area contributed by atoms with Crippen molar-refractivity contribution in [2.75, 3.05) is 20.8 Å². The van der Waals surface area contributed by atoms with Crippen LogP contribution in [0.25, 0.3) is 10.2 Å². The van der Waals surface area contributed by atoms with E-state index in [4.69, 9.17) is 9.47 Å². The average molecular weight is 411 g/mol. The van der Waals surface area contributed by atoms with Crippen LogP contribution in [-0.2, 0) is 11.2 Å². The van der Waals surface area contributed by atoms with Crippen molar-refractivity contribution in [1.29, 1.82) is 0 Å². The van der Waals surface area contributed by atoms with Crippen LogP contribution in [0, 0.1) is 0 Å². The number of aryl methyl sites for hydroxylation is 1. The van der Waals surface area contributed by atoms with E-state index >= 15 is 0 Å². The number of amides is 1. The highest BCUT2D eigenvalue weighted by Gasteiger charge is 2.30. The summed E-state index contributed by atoms with van der Waals surface area (Å²) < 4.78 is 12.0. The topological polar surface area (TPSA) is 51.7 Å². The highest BCUT2D eigenvalue weighted by Crippen LogP contribution is 2.37. The molecule has 1 amide bonds. The van der Waals surface area contributed by atoms with Gasteiger partial charge in [0.2, 0.25) is 5.91 Å². The van der Waals surface area contributed by atoms with Crippen molar-refractivity contribution in [3.05, 3.63) is 53.0 Å². The zero-order valence-corrected chi connectivity index (χ0v) is 17.7. The van der Waals surface area contributed by atoms with Gasteiger partial charge in [0.15, 0.2) is 11.5 Å². The lowest BCUT2D eigenvalue weighted by atomic mass is 10.0. The van der Waals surface area contributed by atoms with E-state index in [1.54, 1.807) is 25.6 Å². The number of para-hydroxylation sites is 1. The van der Waals surface area contributed by atoms with E-state index in [2.05, 4.69) is 11.1 Å². The van der Waals surface area contributed by atoms with Gasteiger partial charge in [0.1, 0.15) is 0 Å². The van der Waals surface area contributed by atoms with E-state index in [0.717, 1.165) is 48.3 Å². The summed E-state index contributed by atoms with van der Waals surface area (Å²) in [4.78, 5) is 19.6. The maximum absolute atomic E-state index is 12.9. The van der Waals surface area contributed by atoms with E-state index in [0.29, 0.717) is 17.9 Å². The third-order valence-corrected chi connectivity index (χ3v) is 6.58. The molecule has 6 heteroatoms. The maximum atomic E-state index is 12.9. The summed E-state index contributed by atoms with van der Waals surface area (Å²) in [6, 6.07) is 14.3. The van der Waals surface area contributed by atoms with E-state index in [1.165, 1.54) is 4.70 Å². The summed E-state index contributed by atoms with van der Waals surface area (Å²) in [6.07, 6.45) is 4.25. The van der Waals surface area contributed by atoms with Crippen LogP contribution < -0.4 is 9.47 Å². The van der Waals surface area contributed by atoms with Crippen molar-refractivity contribution in [3.8, 4) is 11.5 Å². The van der Waals surface area contributed by atoms with Gasteiger partial charge in [-0.15, -0.1) is 11.3 Å². The lowest BCUT2D eigenvalue weighted by Crippen LogP contribution is -2.30. The Bertz CT molecular complexity index is 968. The summed E-state index contributed by atoms with van der Waals surface area (Å²) in [5.74, 6) is 1.64. The summed E-state index contributed by atoms with van der Waals surface area (Å²) in [7, 11) is 3.27. The van der Waals surface area contributed by atoms with Crippen molar-refractivity contribution in [2.24, 2.45) is 0 Å². The number of nitrogens with zero attached hydrogens (tertiary/aromatic N) is 2. The van der Waals surface area contributed by atoms with Gasteiger partial charge in [0.25, 0.3) is 0 Å². The molecule has 4 rings (SSSR count). The van der Waals surface area contributed by atoms with E-state index in [9.17, 15) is 4.79 Å². The number of carbonyl (C=O) groups excluding carboxylic acids is 1. The van der Waals surface area contributed by atoms with Gasteiger partial charge in [-0.2, -0.15) is 0 Å². The Morgan fingerprint density at radius 1 is 1.17 bits per heavy atom. The number of fused-ring (bicyclic) bond motifs is 1. The third-order valence-electron chi connectivity index (χ3n) is 5.48. The molecule has 1 atom stereocenters. The Kier molecular flexibility index (Phi) is 6.00. The molecule has 3 aromatic rings.